The second kappa shape index (κ2) is 10.3. The van der Waals surface area contributed by atoms with Crippen LogP contribution in [-0.2, 0) is 20.8 Å². The van der Waals surface area contributed by atoms with E-state index in [1.54, 1.807) is 6.07 Å². The maximum Gasteiger partial charge on any atom is 0.258 e. The van der Waals surface area contributed by atoms with Gasteiger partial charge in [-0.15, -0.1) is 0 Å². The monoisotopic (exact) mass is 516 g/mol. The van der Waals surface area contributed by atoms with Crippen molar-refractivity contribution in [2.75, 3.05) is 32.0 Å². The molecule has 1 heterocycles. The van der Waals surface area contributed by atoms with Gasteiger partial charge >= 0.3 is 0 Å². The number of alkyl halides is 1. The molecule has 0 bridgehead atoms. The molecule has 4 fully saturated rings. The summed E-state index contributed by atoms with van der Waals surface area (Å²) in [6.45, 7) is 4.32. The molecule has 1 aliphatic heterocycles. The Morgan fingerprint density at radius 3 is 2.35 bits per heavy atom. The van der Waals surface area contributed by atoms with Crippen molar-refractivity contribution >= 4 is 23.4 Å². The zero-order chi connectivity index (χ0) is 26.3. The predicted octanol–water partition coefficient (Wildman–Crippen LogP) is 3.28. The molecule has 3 amide bonds. The lowest BCUT2D eigenvalue weighted by molar-refractivity contribution is -0.133. The topological polar surface area (TPSA) is 81.8 Å². The number of piperazine rings is 1. The molecule has 37 heavy (non-hydrogen) atoms. The van der Waals surface area contributed by atoms with Gasteiger partial charge in [-0.1, -0.05) is 6.07 Å². The number of likely N-dealkylation sites (N-methyl/N-ethyl adjacent to an activating group) is 1. The first-order chi connectivity index (χ1) is 17.6. The Hall–Kier alpha value is -2.55. The van der Waals surface area contributed by atoms with Gasteiger partial charge in [0.1, 0.15) is 11.9 Å². The van der Waals surface area contributed by atoms with E-state index in [0.717, 1.165) is 32.2 Å². The summed E-state index contributed by atoms with van der Waals surface area (Å²) in [7, 11) is 2.05. The molecular weight excluding hydrogens is 478 g/mol. The highest BCUT2D eigenvalue weighted by atomic mass is 19.1. The van der Waals surface area contributed by atoms with Crippen LogP contribution in [0.5, 0.6) is 0 Å². The molecule has 1 saturated heterocycles. The molecule has 1 aromatic carbocycles. The van der Waals surface area contributed by atoms with Crippen LogP contribution in [0.3, 0.4) is 0 Å². The maximum atomic E-state index is 15.0. The van der Waals surface area contributed by atoms with Crippen molar-refractivity contribution in [1.29, 1.82) is 0 Å². The van der Waals surface area contributed by atoms with E-state index in [0.29, 0.717) is 49.4 Å². The van der Waals surface area contributed by atoms with Gasteiger partial charge in [0, 0.05) is 32.1 Å². The first-order valence-corrected chi connectivity index (χ1v) is 13.7. The van der Waals surface area contributed by atoms with Gasteiger partial charge in [0.2, 0.25) is 11.8 Å². The summed E-state index contributed by atoms with van der Waals surface area (Å²) in [5.74, 6) is -1.12. The fraction of sp³-hybridized carbons (Fsp3) is 0.679. The van der Waals surface area contributed by atoms with Crippen molar-refractivity contribution in [2.45, 2.75) is 76.0 Å². The van der Waals surface area contributed by atoms with E-state index in [2.05, 4.69) is 22.5 Å². The zero-order valence-corrected chi connectivity index (χ0v) is 21.8. The van der Waals surface area contributed by atoms with Gasteiger partial charge in [-0.25, -0.2) is 8.78 Å². The van der Waals surface area contributed by atoms with Crippen molar-refractivity contribution in [3.63, 3.8) is 0 Å². The molecule has 4 aliphatic rings. The molecule has 0 spiro atoms. The summed E-state index contributed by atoms with van der Waals surface area (Å²) in [5.41, 5.74) is -1.17. The van der Waals surface area contributed by atoms with E-state index in [-0.39, 0.29) is 30.4 Å². The van der Waals surface area contributed by atoms with Crippen molar-refractivity contribution in [3.8, 4) is 0 Å². The zero-order valence-electron chi connectivity index (χ0n) is 21.8. The van der Waals surface area contributed by atoms with Crippen molar-refractivity contribution in [3.05, 3.63) is 29.6 Å². The van der Waals surface area contributed by atoms with Crippen LogP contribution in [0, 0.1) is 23.6 Å². The van der Waals surface area contributed by atoms with Gasteiger partial charge in [-0.05, 0) is 94.4 Å². The minimum atomic E-state index is -1.87. The number of anilines is 1. The van der Waals surface area contributed by atoms with E-state index in [1.165, 1.54) is 12.1 Å². The molecule has 3 saturated carbocycles. The van der Waals surface area contributed by atoms with E-state index < -0.39 is 29.3 Å². The Morgan fingerprint density at radius 1 is 1.11 bits per heavy atom. The second-order valence-corrected chi connectivity index (χ2v) is 11.6. The van der Waals surface area contributed by atoms with E-state index in [9.17, 15) is 23.2 Å². The molecule has 7 nitrogen and oxygen atoms in total. The summed E-state index contributed by atoms with van der Waals surface area (Å²) in [5, 5.41) is 5.34. The third kappa shape index (κ3) is 6.13. The molecule has 1 unspecified atom stereocenters. The Balaban J connectivity index is 1.21. The number of carbonyl (C=O) groups excluding carboxylic acids is 3. The Morgan fingerprint density at radius 2 is 1.78 bits per heavy atom. The van der Waals surface area contributed by atoms with Crippen LogP contribution in [-0.4, -0.2) is 72.0 Å². The van der Waals surface area contributed by atoms with Crippen LogP contribution in [0.4, 0.5) is 14.5 Å². The fourth-order valence-electron chi connectivity index (χ4n) is 5.55. The molecule has 9 heteroatoms. The van der Waals surface area contributed by atoms with Crippen molar-refractivity contribution in [1.82, 2.24) is 15.1 Å². The number of halogens is 2. The summed E-state index contributed by atoms with van der Waals surface area (Å²) >= 11 is 0. The van der Waals surface area contributed by atoms with E-state index >= 15 is 0 Å². The lowest BCUT2D eigenvalue weighted by Gasteiger charge is -2.37. The largest absolute Gasteiger partial charge is 0.341 e. The Labute approximate surface area is 217 Å². The highest BCUT2D eigenvalue weighted by molar-refractivity contribution is 5.99. The van der Waals surface area contributed by atoms with Gasteiger partial charge in [-0.3, -0.25) is 14.4 Å². The molecular formula is C28H38F2N4O3. The lowest BCUT2D eigenvalue weighted by Crippen LogP contribution is -2.52. The molecule has 0 radical (unpaired) electrons. The number of aryl methyl sites for hydroxylation is 1. The minimum absolute atomic E-state index is 0.0268. The SMILES string of the molecule is C[C@@H]1CN(C(=O)CCc2ccc(NC(=O)C(NC(=O)C3(F)CC3)C(C3CC3)C3CC3)c(F)c2)CCN1C. The average Bonchev–Trinajstić information content (AvgIpc) is 3.71. The van der Waals surface area contributed by atoms with E-state index in [1.807, 2.05) is 11.9 Å². The fourth-order valence-corrected chi connectivity index (χ4v) is 5.55. The number of hydrogen-bond donors (Lipinski definition) is 2. The van der Waals surface area contributed by atoms with Crippen LogP contribution >= 0.6 is 0 Å². The minimum Gasteiger partial charge on any atom is -0.341 e. The van der Waals surface area contributed by atoms with Crippen LogP contribution in [0.2, 0.25) is 0 Å². The number of hydrogen-bond acceptors (Lipinski definition) is 4. The molecule has 2 N–H and O–H groups in total. The molecule has 1 aromatic rings. The van der Waals surface area contributed by atoms with Gasteiger partial charge in [0.25, 0.3) is 5.91 Å². The summed E-state index contributed by atoms with van der Waals surface area (Å²) in [6.07, 6.45) is 5.05. The smallest absolute Gasteiger partial charge is 0.258 e. The Kier molecular flexibility index (Phi) is 7.27. The number of benzene rings is 1. The number of amides is 3. The highest BCUT2D eigenvalue weighted by Crippen LogP contribution is 2.51. The van der Waals surface area contributed by atoms with Crippen LogP contribution in [0.25, 0.3) is 0 Å². The molecule has 2 atom stereocenters. The molecule has 5 rings (SSSR count). The normalized spacial score (nSPS) is 24.0. The summed E-state index contributed by atoms with van der Waals surface area (Å²) in [6, 6.07) is 4.01. The second-order valence-electron chi connectivity index (χ2n) is 11.6. The molecule has 3 aliphatic carbocycles. The van der Waals surface area contributed by atoms with Crippen LogP contribution in [0.15, 0.2) is 18.2 Å². The van der Waals surface area contributed by atoms with Gasteiger partial charge in [0.15, 0.2) is 5.67 Å². The number of rotatable bonds is 10. The van der Waals surface area contributed by atoms with Gasteiger partial charge in [0.05, 0.1) is 5.69 Å². The average molecular weight is 517 g/mol. The number of carbonyl (C=O) groups is 3. The van der Waals surface area contributed by atoms with Crippen LogP contribution < -0.4 is 10.6 Å². The summed E-state index contributed by atoms with van der Waals surface area (Å²) in [4.78, 5) is 42.5. The molecule has 202 valence electrons. The van der Waals surface area contributed by atoms with Crippen molar-refractivity contribution < 1.29 is 23.2 Å². The van der Waals surface area contributed by atoms with Gasteiger partial charge < -0.3 is 20.4 Å². The third-order valence-corrected chi connectivity index (χ3v) is 8.61. The lowest BCUT2D eigenvalue weighted by atomic mass is 9.88. The standard InChI is InChI=1S/C28H38F2N4O3/c1-17-16-34(14-13-33(17)2)23(35)10-4-18-3-9-22(21(29)15-18)31-26(36)25(32-27(37)28(30)11-12-28)24(19-5-6-19)20-7-8-20/h3,9,15,17,19-20,24-25H,4-8,10-14,16H2,1-2H3,(H,31,36)(H,32,37)/t17-,25?/m1/s1. The first kappa shape index (κ1) is 26.1. The predicted molar refractivity (Wildman–Crippen MR) is 136 cm³/mol. The highest BCUT2D eigenvalue weighted by Gasteiger charge is 2.54. The third-order valence-electron chi connectivity index (χ3n) is 8.61. The summed E-state index contributed by atoms with van der Waals surface area (Å²) < 4.78 is 29.4. The molecule has 0 aromatic heterocycles. The van der Waals surface area contributed by atoms with Crippen LogP contribution in [0.1, 0.15) is 57.4 Å². The maximum absolute atomic E-state index is 15.0. The number of nitrogens with one attached hydrogen (secondary N) is 2. The van der Waals surface area contributed by atoms with Crippen molar-refractivity contribution in [2.24, 2.45) is 17.8 Å². The van der Waals surface area contributed by atoms with E-state index in [4.69, 9.17) is 0 Å². The first-order valence-electron chi connectivity index (χ1n) is 13.7. The quantitative estimate of drug-likeness (QED) is 0.500. The Bertz CT molecular complexity index is 1040. The number of nitrogens with zero attached hydrogens (tertiary/aromatic N) is 2. The van der Waals surface area contributed by atoms with Gasteiger partial charge in [-0.2, -0.15) is 0 Å².